The van der Waals surface area contributed by atoms with Crippen LogP contribution in [0.5, 0.6) is 23.0 Å². The molecule has 2 aliphatic rings. The first-order valence-electron chi connectivity index (χ1n) is 7.03. The van der Waals surface area contributed by atoms with E-state index in [4.69, 9.17) is 18.1 Å². The standard InChI is InChI=1S/C16H16IO4P/c1-9-5-11(3)15-13(7-9)18-22(17,20-15)19-14-8-10(2)6-12(4)16(14)21-22/h5-8H,1-4H3. The summed E-state index contributed by atoms with van der Waals surface area (Å²) in [5.41, 5.74) is 4.27. The summed E-state index contributed by atoms with van der Waals surface area (Å²) in [7, 11) is 0. The van der Waals surface area contributed by atoms with E-state index in [-0.39, 0.29) is 0 Å². The molecule has 0 radical (unpaired) electrons. The van der Waals surface area contributed by atoms with E-state index >= 15 is 0 Å². The Hall–Kier alpha value is -1.20. The minimum absolute atomic E-state index is 0.687. The topological polar surface area (TPSA) is 36.9 Å². The molecule has 0 aromatic heterocycles. The fourth-order valence-corrected chi connectivity index (χ4v) is 7.55. The van der Waals surface area contributed by atoms with Gasteiger partial charge in [0, 0.05) is 0 Å². The third kappa shape index (κ3) is 1.98. The number of benzene rings is 2. The zero-order chi connectivity index (χ0) is 15.7. The Morgan fingerprint density at radius 2 is 1.09 bits per heavy atom. The molecule has 0 atom stereocenters. The number of hydrogen-bond acceptors (Lipinski definition) is 4. The van der Waals surface area contributed by atoms with Crippen molar-refractivity contribution in [2.45, 2.75) is 27.7 Å². The molecule has 0 fully saturated rings. The van der Waals surface area contributed by atoms with Gasteiger partial charge in [0.1, 0.15) is 0 Å². The van der Waals surface area contributed by atoms with E-state index in [1.807, 2.05) is 39.8 Å². The van der Waals surface area contributed by atoms with Gasteiger partial charge in [0.15, 0.2) is 0 Å². The molecule has 22 heavy (non-hydrogen) atoms. The maximum absolute atomic E-state index is 6.16. The third-order valence-electron chi connectivity index (χ3n) is 3.73. The average molecular weight is 430 g/mol. The van der Waals surface area contributed by atoms with Crippen LogP contribution in [0.2, 0.25) is 0 Å². The van der Waals surface area contributed by atoms with E-state index in [9.17, 15) is 0 Å². The van der Waals surface area contributed by atoms with Crippen molar-refractivity contribution in [1.29, 1.82) is 0 Å². The Balaban J connectivity index is 1.82. The van der Waals surface area contributed by atoms with E-state index in [2.05, 4.69) is 34.2 Å². The molecule has 4 nitrogen and oxygen atoms in total. The molecule has 2 heterocycles. The zero-order valence-electron chi connectivity index (χ0n) is 12.8. The Morgan fingerprint density at radius 1 is 0.682 bits per heavy atom. The summed E-state index contributed by atoms with van der Waals surface area (Å²) in [4.78, 5) is 0. The molecule has 2 aromatic rings. The summed E-state index contributed by atoms with van der Waals surface area (Å²) in [6, 6.07) is 8.03. The molecule has 2 aliphatic heterocycles. The summed E-state index contributed by atoms with van der Waals surface area (Å²) in [5.74, 6) is 2.79. The quantitative estimate of drug-likeness (QED) is 0.396. The van der Waals surface area contributed by atoms with Gasteiger partial charge in [0.25, 0.3) is 0 Å². The minimum atomic E-state index is -3.71. The average Bonchev–Trinajstić information content (AvgIpc) is 2.84. The molecule has 116 valence electrons. The normalized spacial score (nSPS) is 20.7. The first-order chi connectivity index (χ1) is 10.3. The van der Waals surface area contributed by atoms with Gasteiger partial charge in [0.2, 0.25) is 0 Å². The molecule has 6 heteroatoms. The predicted octanol–water partition coefficient (Wildman–Crippen LogP) is 5.73. The van der Waals surface area contributed by atoms with Gasteiger partial charge in [-0.2, -0.15) is 0 Å². The van der Waals surface area contributed by atoms with Gasteiger partial charge in [-0.3, -0.25) is 0 Å². The van der Waals surface area contributed by atoms with E-state index in [0.717, 1.165) is 22.3 Å². The van der Waals surface area contributed by atoms with Gasteiger partial charge in [-0.05, 0) is 0 Å². The number of aryl methyl sites for hydroxylation is 4. The maximum atomic E-state index is 6.16. The molecule has 0 saturated carbocycles. The van der Waals surface area contributed by atoms with Crippen LogP contribution in [0.3, 0.4) is 0 Å². The Labute approximate surface area is 142 Å². The van der Waals surface area contributed by atoms with Crippen LogP contribution in [-0.4, -0.2) is 0 Å². The molecule has 1 spiro atoms. The van der Waals surface area contributed by atoms with Crippen LogP contribution in [0.4, 0.5) is 0 Å². The number of halogens is 1. The second kappa shape index (κ2) is 4.20. The second-order valence-electron chi connectivity index (χ2n) is 5.91. The van der Waals surface area contributed by atoms with E-state index in [0.29, 0.717) is 23.0 Å². The van der Waals surface area contributed by atoms with Crippen molar-refractivity contribution in [3.05, 3.63) is 46.5 Å². The summed E-state index contributed by atoms with van der Waals surface area (Å²) in [6.45, 7) is 8.05. The second-order valence-corrected chi connectivity index (χ2v) is 12.8. The molecule has 0 aliphatic carbocycles. The van der Waals surface area contributed by atoms with Crippen LogP contribution in [0.1, 0.15) is 22.3 Å². The molecule has 0 unspecified atom stereocenters. The van der Waals surface area contributed by atoms with Gasteiger partial charge in [-0.15, -0.1) is 0 Å². The number of hydrogen-bond donors (Lipinski definition) is 0. The fourth-order valence-electron chi connectivity index (χ4n) is 2.92. The van der Waals surface area contributed by atoms with Crippen molar-refractivity contribution in [1.82, 2.24) is 0 Å². The van der Waals surface area contributed by atoms with Gasteiger partial charge in [0.05, 0.1) is 0 Å². The molecule has 0 saturated heterocycles. The van der Waals surface area contributed by atoms with Crippen molar-refractivity contribution in [3.63, 3.8) is 0 Å². The summed E-state index contributed by atoms with van der Waals surface area (Å²) >= 11 is 2.08. The van der Waals surface area contributed by atoms with Crippen molar-refractivity contribution >= 4 is 27.2 Å². The Bertz CT molecular complexity index is 766. The molecular weight excluding hydrogens is 414 g/mol. The van der Waals surface area contributed by atoms with Gasteiger partial charge < -0.3 is 0 Å². The molecule has 2 aromatic carbocycles. The van der Waals surface area contributed by atoms with Crippen LogP contribution in [0, 0.1) is 27.7 Å². The Morgan fingerprint density at radius 3 is 1.50 bits per heavy atom. The molecule has 0 amide bonds. The van der Waals surface area contributed by atoms with Crippen LogP contribution in [0.25, 0.3) is 0 Å². The number of rotatable bonds is 0. The van der Waals surface area contributed by atoms with Gasteiger partial charge in [-0.25, -0.2) is 0 Å². The predicted molar refractivity (Wildman–Crippen MR) is 95.3 cm³/mol. The van der Waals surface area contributed by atoms with E-state index in [1.165, 1.54) is 0 Å². The summed E-state index contributed by atoms with van der Waals surface area (Å²) in [6.07, 6.45) is 0. The van der Waals surface area contributed by atoms with Crippen LogP contribution in [-0.2, 0) is 0 Å². The van der Waals surface area contributed by atoms with Crippen LogP contribution < -0.4 is 18.1 Å². The van der Waals surface area contributed by atoms with E-state index < -0.39 is 5.15 Å². The monoisotopic (exact) mass is 430 g/mol. The summed E-state index contributed by atoms with van der Waals surface area (Å²) < 4.78 is 24.6. The molecule has 4 rings (SSSR count). The molecular formula is C16H16IO4P. The molecule has 0 bridgehead atoms. The van der Waals surface area contributed by atoms with E-state index in [1.54, 1.807) is 0 Å². The fraction of sp³-hybridized carbons (Fsp3) is 0.250. The SMILES string of the molecule is Cc1cc(C)c2c(c1)OP1(I)(Oc3cc(C)cc(C)c3O1)O2. The van der Waals surface area contributed by atoms with Crippen LogP contribution in [0.15, 0.2) is 24.3 Å². The number of fused-ring (bicyclic) bond motifs is 2. The van der Waals surface area contributed by atoms with Crippen molar-refractivity contribution in [2.24, 2.45) is 0 Å². The zero-order valence-corrected chi connectivity index (χ0v) is 15.8. The third-order valence-corrected chi connectivity index (χ3v) is 8.03. The summed E-state index contributed by atoms with van der Waals surface area (Å²) in [5, 5.41) is -3.71. The van der Waals surface area contributed by atoms with Crippen molar-refractivity contribution in [3.8, 4) is 23.0 Å². The van der Waals surface area contributed by atoms with Crippen molar-refractivity contribution < 1.29 is 18.1 Å². The van der Waals surface area contributed by atoms with Crippen LogP contribution >= 0.6 is 27.2 Å². The first kappa shape index (κ1) is 14.4. The first-order valence-corrected chi connectivity index (χ1v) is 11.7. The van der Waals surface area contributed by atoms with Gasteiger partial charge >= 0.3 is 143 Å². The van der Waals surface area contributed by atoms with Gasteiger partial charge in [-0.1, -0.05) is 0 Å². The molecule has 0 N–H and O–H groups in total. The Kier molecular flexibility index (Phi) is 2.75. The van der Waals surface area contributed by atoms with Crippen molar-refractivity contribution in [2.75, 3.05) is 0 Å².